The highest BCUT2D eigenvalue weighted by Gasteiger charge is 2.34. The van der Waals surface area contributed by atoms with E-state index in [0.717, 1.165) is 11.1 Å². The van der Waals surface area contributed by atoms with Crippen LogP contribution < -0.4 is 10.3 Å². The zero-order chi connectivity index (χ0) is 21.1. The second-order valence-corrected chi connectivity index (χ2v) is 7.23. The van der Waals surface area contributed by atoms with E-state index in [4.69, 9.17) is 5.41 Å². The first-order chi connectivity index (χ1) is 13.8. The Morgan fingerprint density at radius 3 is 2.14 bits per heavy atom. The molecule has 0 bridgehead atoms. The summed E-state index contributed by atoms with van der Waals surface area (Å²) in [5.74, 6) is -1.35. The minimum atomic E-state index is -0.685. The van der Waals surface area contributed by atoms with Gasteiger partial charge in [-0.25, -0.2) is 0 Å². The van der Waals surface area contributed by atoms with Crippen molar-refractivity contribution in [2.75, 3.05) is 10.3 Å². The summed E-state index contributed by atoms with van der Waals surface area (Å²) in [4.78, 5) is 25.7. The summed E-state index contributed by atoms with van der Waals surface area (Å²) in [5.41, 5.74) is 4.31. The zero-order valence-corrected chi connectivity index (χ0v) is 17.0. The van der Waals surface area contributed by atoms with Gasteiger partial charge in [-0.1, -0.05) is 41.5 Å². The van der Waals surface area contributed by atoms with E-state index in [2.05, 4.69) is 10.4 Å². The summed E-state index contributed by atoms with van der Waals surface area (Å²) in [7, 11) is 0. The molecule has 6 heteroatoms. The highest BCUT2D eigenvalue weighted by atomic mass is 16.2. The SMILES string of the molecule is CC(=N)/C(=C/C1C(=O)N(c2ccc(C)cc2)N=C1C)C(=O)Nc1ccc(C)cc1. The molecular formula is C23H24N4O2. The van der Waals surface area contributed by atoms with Crippen molar-refractivity contribution in [1.82, 2.24) is 0 Å². The third-order valence-electron chi connectivity index (χ3n) is 4.75. The van der Waals surface area contributed by atoms with Crippen LogP contribution in [-0.2, 0) is 9.59 Å². The van der Waals surface area contributed by atoms with E-state index in [9.17, 15) is 9.59 Å². The molecule has 1 heterocycles. The van der Waals surface area contributed by atoms with Crippen molar-refractivity contribution in [3.63, 3.8) is 0 Å². The van der Waals surface area contributed by atoms with E-state index in [1.165, 1.54) is 18.0 Å². The average molecular weight is 388 g/mol. The van der Waals surface area contributed by atoms with Crippen molar-refractivity contribution in [2.24, 2.45) is 11.0 Å². The van der Waals surface area contributed by atoms with E-state index in [0.29, 0.717) is 17.1 Å². The highest BCUT2D eigenvalue weighted by Crippen LogP contribution is 2.26. The van der Waals surface area contributed by atoms with Crippen LogP contribution in [0.3, 0.4) is 0 Å². The number of hydrazone groups is 1. The predicted molar refractivity (Wildman–Crippen MR) is 117 cm³/mol. The number of aryl methyl sites for hydroxylation is 2. The first-order valence-corrected chi connectivity index (χ1v) is 9.37. The van der Waals surface area contributed by atoms with Crippen LogP contribution in [0.1, 0.15) is 25.0 Å². The molecule has 148 valence electrons. The summed E-state index contributed by atoms with van der Waals surface area (Å²) in [6.07, 6.45) is 1.53. The molecule has 0 aromatic heterocycles. The Morgan fingerprint density at radius 1 is 1.03 bits per heavy atom. The van der Waals surface area contributed by atoms with Gasteiger partial charge in [0.1, 0.15) is 0 Å². The van der Waals surface area contributed by atoms with Crippen LogP contribution in [0.4, 0.5) is 11.4 Å². The van der Waals surface area contributed by atoms with Crippen LogP contribution in [-0.4, -0.2) is 23.2 Å². The molecule has 1 aliphatic heterocycles. The lowest BCUT2D eigenvalue weighted by molar-refractivity contribution is -0.118. The van der Waals surface area contributed by atoms with Crippen LogP contribution in [0.25, 0.3) is 0 Å². The number of nitrogens with zero attached hydrogens (tertiary/aromatic N) is 2. The third kappa shape index (κ3) is 4.48. The summed E-state index contributed by atoms with van der Waals surface area (Å²) >= 11 is 0. The van der Waals surface area contributed by atoms with Crippen molar-refractivity contribution in [3.8, 4) is 0 Å². The molecule has 2 amide bonds. The fourth-order valence-corrected chi connectivity index (χ4v) is 3.02. The second kappa shape index (κ2) is 8.22. The molecule has 0 fully saturated rings. The van der Waals surface area contributed by atoms with Crippen molar-refractivity contribution < 1.29 is 9.59 Å². The Morgan fingerprint density at radius 2 is 1.59 bits per heavy atom. The number of nitrogens with one attached hydrogen (secondary N) is 2. The van der Waals surface area contributed by atoms with Crippen molar-refractivity contribution >= 4 is 34.6 Å². The smallest absolute Gasteiger partial charge is 0.260 e. The molecule has 0 radical (unpaired) electrons. The van der Waals surface area contributed by atoms with Crippen molar-refractivity contribution in [3.05, 3.63) is 71.3 Å². The molecule has 1 aliphatic rings. The highest BCUT2D eigenvalue weighted by molar-refractivity contribution is 6.25. The van der Waals surface area contributed by atoms with E-state index in [1.54, 1.807) is 19.1 Å². The van der Waals surface area contributed by atoms with Gasteiger partial charge in [0, 0.05) is 11.4 Å². The third-order valence-corrected chi connectivity index (χ3v) is 4.75. The van der Waals surface area contributed by atoms with Crippen LogP contribution in [0.5, 0.6) is 0 Å². The summed E-state index contributed by atoms with van der Waals surface area (Å²) in [5, 5.41) is 16.5. The Labute approximate surface area is 170 Å². The summed E-state index contributed by atoms with van der Waals surface area (Å²) < 4.78 is 0. The largest absolute Gasteiger partial charge is 0.322 e. The van der Waals surface area contributed by atoms with Crippen LogP contribution in [0, 0.1) is 25.2 Å². The van der Waals surface area contributed by atoms with Gasteiger partial charge in [0.05, 0.1) is 22.9 Å². The average Bonchev–Trinajstić information content (AvgIpc) is 2.95. The number of hydrogen-bond acceptors (Lipinski definition) is 4. The first-order valence-electron chi connectivity index (χ1n) is 9.37. The molecule has 0 aliphatic carbocycles. The van der Waals surface area contributed by atoms with E-state index in [-0.39, 0.29) is 17.2 Å². The van der Waals surface area contributed by atoms with Gasteiger partial charge in [-0.3, -0.25) is 9.59 Å². The standard InChI is InChI=1S/C23H24N4O2/c1-14-5-9-18(10-6-14)25-22(28)20(16(3)24)13-21-17(4)26-27(23(21)29)19-11-7-15(2)8-12-19/h5-13,21,24H,1-4H3,(H,25,28)/b20-13-,24-16?. The number of amides is 2. The summed E-state index contributed by atoms with van der Waals surface area (Å²) in [6.45, 7) is 7.22. The number of benzene rings is 2. The maximum atomic E-state index is 12.9. The maximum Gasteiger partial charge on any atom is 0.260 e. The number of anilines is 2. The number of hydrogen-bond donors (Lipinski definition) is 2. The van der Waals surface area contributed by atoms with Gasteiger partial charge in [-0.05, 0) is 52.0 Å². The van der Waals surface area contributed by atoms with Gasteiger partial charge >= 0.3 is 0 Å². The topological polar surface area (TPSA) is 85.6 Å². The molecule has 29 heavy (non-hydrogen) atoms. The fraction of sp³-hybridized carbons (Fsp3) is 0.217. The molecule has 6 nitrogen and oxygen atoms in total. The molecule has 1 atom stereocenters. The quantitative estimate of drug-likeness (QED) is 0.593. The van der Waals surface area contributed by atoms with E-state index in [1.807, 2.05) is 50.2 Å². The normalized spacial score (nSPS) is 16.6. The lowest BCUT2D eigenvalue weighted by Gasteiger charge is -2.14. The number of rotatable bonds is 5. The van der Waals surface area contributed by atoms with Gasteiger partial charge in [0.2, 0.25) is 0 Å². The molecule has 0 spiro atoms. The first kappa shape index (κ1) is 20.2. The van der Waals surface area contributed by atoms with E-state index < -0.39 is 11.8 Å². The van der Waals surface area contributed by atoms with Crippen LogP contribution in [0.15, 0.2) is 65.3 Å². The minimum Gasteiger partial charge on any atom is -0.322 e. The van der Waals surface area contributed by atoms with E-state index >= 15 is 0 Å². The Bertz CT molecular complexity index is 1020. The molecule has 3 rings (SSSR count). The van der Waals surface area contributed by atoms with Crippen LogP contribution >= 0.6 is 0 Å². The number of carbonyl (C=O) groups excluding carboxylic acids is 2. The van der Waals surface area contributed by atoms with Gasteiger partial charge in [-0.15, -0.1) is 0 Å². The second-order valence-electron chi connectivity index (χ2n) is 7.23. The Balaban J connectivity index is 1.84. The lowest BCUT2D eigenvalue weighted by atomic mass is 9.98. The Kier molecular flexibility index (Phi) is 5.73. The molecule has 2 N–H and O–H groups in total. The van der Waals surface area contributed by atoms with Gasteiger partial charge in [0.15, 0.2) is 0 Å². The van der Waals surface area contributed by atoms with Crippen LogP contribution in [0.2, 0.25) is 0 Å². The maximum absolute atomic E-state index is 12.9. The van der Waals surface area contributed by atoms with Gasteiger partial charge in [-0.2, -0.15) is 10.1 Å². The molecular weight excluding hydrogens is 364 g/mol. The van der Waals surface area contributed by atoms with Crippen molar-refractivity contribution in [2.45, 2.75) is 27.7 Å². The Hall–Kier alpha value is -3.54. The molecule has 2 aromatic carbocycles. The minimum absolute atomic E-state index is 0.0870. The molecule has 2 aromatic rings. The lowest BCUT2D eigenvalue weighted by Crippen LogP contribution is -2.28. The molecule has 0 saturated carbocycles. The summed E-state index contributed by atoms with van der Waals surface area (Å²) in [6, 6.07) is 14.9. The fourth-order valence-electron chi connectivity index (χ4n) is 3.02. The molecule has 0 saturated heterocycles. The zero-order valence-electron chi connectivity index (χ0n) is 17.0. The van der Waals surface area contributed by atoms with Gasteiger partial charge < -0.3 is 10.7 Å². The van der Waals surface area contributed by atoms with Gasteiger partial charge in [0.25, 0.3) is 11.8 Å². The monoisotopic (exact) mass is 388 g/mol. The van der Waals surface area contributed by atoms with Crippen molar-refractivity contribution in [1.29, 1.82) is 5.41 Å². The number of carbonyl (C=O) groups is 2. The predicted octanol–water partition coefficient (Wildman–Crippen LogP) is 4.25. The molecule has 1 unspecified atom stereocenters.